The normalized spacial score (nSPS) is 12.9. The molecule has 3 aromatic rings. The first-order valence-electron chi connectivity index (χ1n) is 9.18. The van der Waals surface area contributed by atoms with Crippen LogP contribution in [0.5, 0.6) is 5.75 Å². The van der Waals surface area contributed by atoms with Crippen LogP contribution in [0.2, 0.25) is 0 Å². The zero-order valence-electron chi connectivity index (χ0n) is 16.6. The molecule has 0 aliphatic carbocycles. The quantitative estimate of drug-likeness (QED) is 0.309. The second-order valence-corrected chi connectivity index (χ2v) is 7.42. The fourth-order valence-corrected chi connectivity index (χ4v) is 3.05. The third-order valence-corrected chi connectivity index (χ3v) is 4.67. The van der Waals surface area contributed by atoms with E-state index in [2.05, 4.69) is 25.6 Å². The van der Waals surface area contributed by atoms with Gasteiger partial charge in [-0.05, 0) is 38.5 Å². The summed E-state index contributed by atoms with van der Waals surface area (Å²) in [6, 6.07) is 4.69. The third-order valence-electron chi connectivity index (χ3n) is 4.67. The molecule has 2 aromatic heterocycles. The van der Waals surface area contributed by atoms with Gasteiger partial charge in [0.05, 0.1) is 18.0 Å². The number of benzene rings is 1. The number of phenols is 1. The number of nitrogens with one attached hydrogen (secondary N) is 2. The van der Waals surface area contributed by atoms with Crippen LogP contribution in [0.4, 0.5) is 17.5 Å². The summed E-state index contributed by atoms with van der Waals surface area (Å²) in [4.78, 5) is 13.5. The van der Waals surface area contributed by atoms with Gasteiger partial charge in [0, 0.05) is 24.8 Å². The zero-order valence-corrected chi connectivity index (χ0v) is 16.6. The van der Waals surface area contributed by atoms with Gasteiger partial charge in [-0.25, -0.2) is 4.98 Å². The predicted octanol–water partition coefficient (Wildman–Crippen LogP) is 2.22. The molecule has 9 heteroatoms. The lowest BCUT2D eigenvalue weighted by atomic mass is 9.97. The topological polar surface area (TPSA) is 134 Å². The Bertz CT molecular complexity index is 978. The second-order valence-electron chi connectivity index (χ2n) is 7.42. The first-order chi connectivity index (χ1) is 13.2. The van der Waals surface area contributed by atoms with Gasteiger partial charge < -0.3 is 31.1 Å². The fourth-order valence-electron chi connectivity index (χ4n) is 3.05. The van der Waals surface area contributed by atoms with E-state index in [1.807, 2.05) is 14.0 Å². The Balaban J connectivity index is 1.93. The summed E-state index contributed by atoms with van der Waals surface area (Å²) in [5.74, 6) is 1.07. The number of fused-ring (bicyclic) bond motifs is 1. The minimum absolute atomic E-state index is 0.152. The molecule has 1 unspecified atom stereocenters. The number of anilines is 3. The highest BCUT2D eigenvalue weighted by Crippen LogP contribution is 2.25. The van der Waals surface area contributed by atoms with Crippen LogP contribution in [-0.2, 0) is 13.6 Å². The summed E-state index contributed by atoms with van der Waals surface area (Å²) in [6.07, 6.45) is 2.37. The number of rotatable bonds is 7. The van der Waals surface area contributed by atoms with E-state index in [0.29, 0.717) is 47.1 Å². The average molecular weight is 385 g/mol. The number of aromatic nitrogens is 4. The maximum Gasteiger partial charge on any atom is 0.227 e. The number of nitrogens with zero attached hydrogens (tertiary/aromatic N) is 4. The van der Waals surface area contributed by atoms with Crippen LogP contribution in [0.1, 0.15) is 32.8 Å². The van der Waals surface area contributed by atoms with E-state index in [1.165, 1.54) is 0 Å². The highest BCUT2D eigenvalue weighted by Gasteiger charge is 2.26. The molecule has 150 valence electrons. The highest BCUT2D eigenvalue weighted by molar-refractivity contribution is 5.84. The van der Waals surface area contributed by atoms with Crippen molar-refractivity contribution >= 4 is 28.6 Å². The second kappa shape index (κ2) is 7.51. The molecule has 0 amide bonds. The smallest absolute Gasteiger partial charge is 0.227 e. The van der Waals surface area contributed by atoms with Crippen molar-refractivity contribution in [3.8, 4) is 5.75 Å². The standard InChI is InChI=1S/C19H27N7O2/c1-5-14(19(2,3)28)23-18-24-16(15-17(25-18)26(4)10-22-15)21-9-11-8-12(20)6-7-13(11)27/h6-8,10,14,27-28H,5,9,20H2,1-4H3,(H2,21,23,24,25). The van der Waals surface area contributed by atoms with Gasteiger partial charge in [0.2, 0.25) is 5.95 Å². The molecule has 3 rings (SSSR count). The summed E-state index contributed by atoms with van der Waals surface area (Å²) in [7, 11) is 1.85. The van der Waals surface area contributed by atoms with Crippen LogP contribution >= 0.6 is 0 Å². The number of nitrogen functional groups attached to an aromatic ring is 1. The molecule has 0 spiro atoms. The molecule has 0 bridgehead atoms. The van der Waals surface area contributed by atoms with Crippen molar-refractivity contribution < 1.29 is 10.2 Å². The Labute approximate surface area is 163 Å². The number of phenolic OH excluding ortho intramolecular Hbond substituents is 1. The third kappa shape index (κ3) is 4.09. The summed E-state index contributed by atoms with van der Waals surface area (Å²) in [5.41, 5.74) is 7.38. The van der Waals surface area contributed by atoms with Crippen molar-refractivity contribution in [3.05, 3.63) is 30.1 Å². The molecule has 28 heavy (non-hydrogen) atoms. The van der Waals surface area contributed by atoms with Gasteiger partial charge in [-0.3, -0.25) is 0 Å². The SMILES string of the molecule is CCC(Nc1nc(NCc2cc(N)ccc2O)c2ncn(C)c2n1)C(C)(C)O. The summed E-state index contributed by atoms with van der Waals surface area (Å²) in [6.45, 7) is 5.80. The van der Waals surface area contributed by atoms with E-state index in [0.717, 1.165) is 0 Å². The number of hydrogen-bond acceptors (Lipinski definition) is 8. The van der Waals surface area contributed by atoms with Gasteiger partial charge in [0.25, 0.3) is 0 Å². The molecule has 1 aromatic carbocycles. The Hall–Kier alpha value is -3.07. The maximum absolute atomic E-state index is 10.4. The van der Waals surface area contributed by atoms with E-state index in [9.17, 15) is 10.2 Å². The van der Waals surface area contributed by atoms with Crippen molar-refractivity contribution in [1.82, 2.24) is 19.5 Å². The molecule has 0 radical (unpaired) electrons. The molecule has 1 atom stereocenters. The Morgan fingerprint density at radius 3 is 2.71 bits per heavy atom. The van der Waals surface area contributed by atoms with Crippen LogP contribution in [0.3, 0.4) is 0 Å². The fraction of sp³-hybridized carbons (Fsp3) is 0.421. The minimum Gasteiger partial charge on any atom is -0.508 e. The summed E-state index contributed by atoms with van der Waals surface area (Å²) in [5, 5.41) is 26.8. The van der Waals surface area contributed by atoms with Crippen molar-refractivity contribution in [1.29, 1.82) is 0 Å². The Morgan fingerprint density at radius 2 is 2.04 bits per heavy atom. The molecule has 0 saturated heterocycles. The lowest BCUT2D eigenvalue weighted by molar-refractivity contribution is 0.0577. The molecule has 9 nitrogen and oxygen atoms in total. The van der Waals surface area contributed by atoms with E-state index in [1.54, 1.807) is 42.9 Å². The van der Waals surface area contributed by atoms with E-state index in [-0.39, 0.29) is 11.8 Å². The van der Waals surface area contributed by atoms with Crippen LogP contribution in [0, 0.1) is 0 Å². The van der Waals surface area contributed by atoms with Gasteiger partial charge in [-0.2, -0.15) is 9.97 Å². The van der Waals surface area contributed by atoms with Gasteiger partial charge in [0.15, 0.2) is 17.0 Å². The molecular formula is C19H27N7O2. The van der Waals surface area contributed by atoms with Gasteiger partial charge >= 0.3 is 0 Å². The highest BCUT2D eigenvalue weighted by atomic mass is 16.3. The van der Waals surface area contributed by atoms with Crippen LogP contribution in [0.25, 0.3) is 11.2 Å². The molecule has 0 fully saturated rings. The number of imidazole rings is 1. The lowest BCUT2D eigenvalue weighted by Gasteiger charge is -2.29. The van der Waals surface area contributed by atoms with Gasteiger partial charge in [-0.1, -0.05) is 6.92 Å². The monoisotopic (exact) mass is 385 g/mol. The van der Waals surface area contributed by atoms with Crippen molar-refractivity contribution in [3.63, 3.8) is 0 Å². The van der Waals surface area contributed by atoms with Gasteiger partial charge in [0.1, 0.15) is 5.75 Å². The number of nitrogens with two attached hydrogens (primary N) is 1. The molecule has 0 aliphatic rings. The molecular weight excluding hydrogens is 358 g/mol. The molecule has 0 saturated carbocycles. The van der Waals surface area contributed by atoms with E-state index < -0.39 is 5.60 Å². The Morgan fingerprint density at radius 1 is 1.29 bits per heavy atom. The molecule has 0 aliphatic heterocycles. The average Bonchev–Trinajstić information content (AvgIpc) is 3.00. The first-order valence-corrected chi connectivity index (χ1v) is 9.18. The molecule has 2 heterocycles. The number of aromatic hydroxyl groups is 1. The van der Waals surface area contributed by atoms with Crippen molar-refractivity contribution in [2.24, 2.45) is 7.05 Å². The number of hydrogen-bond donors (Lipinski definition) is 5. The number of aliphatic hydroxyl groups is 1. The predicted molar refractivity (Wildman–Crippen MR) is 110 cm³/mol. The van der Waals surface area contributed by atoms with Gasteiger partial charge in [-0.15, -0.1) is 0 Å². The summed E-state index contributed by atoms with van der Waals surface area (Å²) >= 11 is 0. The zero-order chi connectivity index (χ0) is 20.5. The summed E-state index contributed by atoms with van der Waals surface area (Å²) < 4.78 is 1.80. The minimum atomic E-state index is -0.930. The lowest BCUT2D eigenvalue weighted by Crippen LogP contribution is -2.41. The Kier molecular flexibility index (Phi) is 5.28. The maximum atomic E-state index is 10.4. The van der Waals surface area contributed by atoms with Crippen LogP contribution in [0.15, 0.2) is 24.5 Å². The largest absolute Gasteiger partial charge is 0.508 e. The van der Waals surface area contributed by atoms with Crippen molar-refractivity contribution in [2.75, 3.05) is 16.4 Å². The molecule has 6 N–H and O–H groups in total. The van der Waals surface area contributed by atoms with Crippen molar-refractivity contribution in [2.45, 2.75) is 45.4 Å². The van der Waals surface area contributed by atoms with E-state index >= 15 is 0 Å². The van der Waals surface area contributed by atoms with Crippen LogP contribution in [-0.4, -0.2) is 41.4 Å². The van der Waals surface area contributed by atoms with Crippen LogP contribution < -0.4 is 16.4 Å². The van der Waals surface area contributed by atoms with E-state index in [4.69, 9.17) is 5.73 Å². The first kappa shape index (κ1) is 19.7. The number of aryl methyl sites for hydroxylation is 1.